The molecule has 1 saturated carbocycles. The molecule has 2 aliphatic carbocycles. The van der Waals surface area contributed by atoms with Gasteiger partial charge in [-0.1, -0.05) is 24.3 Å². The number of benzene rings is 1. The highest BCUT2D eigenvalue weighted by molar-refractivity contribution is 14.0. The number of fused-ring (bicyclic) bond motifs is 5. The van der Waals surface area contributed by atoms with Crippen LogP contribution in [0.4, 0.5) is 4.39 Å². The van der Waals surface area contributed by atoms with Crippen molar-refractivity contribution in [1.29, 1.82) is 0 Å². The molecule has 9 heteroatoms. The van der Waals surface area contributed by atoms with Crippen LogP contribution in [0.25, 0.3) is 0 Å². The second-order valence-electron chi connectivity index (χ2n) is 7.89. The number of guanidine groups is 1. The van der Waals surface area contributed by atoms with E-state index < -0.39 is 0 Å². The van der Waals surface area contributed by atoms with Crippen molar-refractivity contribution in [2.24, 2.45) is 28.7 Å². The minimum atomic E-state index is -0.205. The normalized spacial score (nSPS) is 26.3. The van der Waals surface area contributed by atoms with Gasteiger partial charge in [0.1, 0.15) is 5.82 Å². The zero-order valence-electron chi connectivity index (χ0n) is 17.4. The minimum absolute atomic E-state index is 0. The van der Waals surface area contributed by atoms with Gasteiger partial charge in [-0.3, -0.25) is 19.5 Å². The van der Waals surface area contributed by atoms with Crippen molar-refractivity contribution >= 4 is 53.5 Å². The predicted molar refractivity (Wildman–Crippen MR) is 131 cm³/mol. The molecule has 1 saturated heterocycles. The molecule has 2 bridgehead atoms. The van der Waals surface area contributed by atoms with Crippen LogP contribution in [0.5, 0.6) is 0 Å². The number of nitrogens with one attached hydrogen (secondary N) is 2. The lowest BCUT2D eigenvalue weighted by Gasteiger charge is -2.18. The van der Waals surface area contributed by atoms with Gasteiger partial charge in [0.25, 0.3) is 0 Å². The first-order valence-electron chi connectivity index (χ1n) is 10.5. The van der Waals surface area contributed by atoms with Crippen LogP contribution in [0.2, 0.25) is 0 Å². The SMILES string of the molecule is CN=C(NCCCN1C(=O)C2C3C=CC(C3)C2C1=O)NCCSc1ccccc1F.I. The first-order chi connectivity index (χ1) is 14.6. The van der Waals surface area contributed by atoms with Crippen molar-refractivity contribution in [1.82, 2.24) is 15.5 Å². The maximum atomic E-state index is 13.6. The third-order valence-corrected chi connectivity index (χ3v) is 7.18. The Labute approximate surface area is 203 Å². The Morgan fingerprint density at radius 1 is 1.13 bits per heavy atom. The second-order valence-corrected chi connectivity index (χ2v) is 9.02. The topological polar surface area (TPSA) is 73.8 Å². The number of thioether (sulfide) groups is 1. The number of hydrogen-bond donors (Lipinski definition) is 2. The number of halogens is 2. The fraction of sp³-hybridized carbons (Fsp3) is 0.500. The zero-order chi connectivity index (χ0) is 21.1. The summed E-state index contributed by atoms with van der Waals surface area (Å²) in [7, 11) is 1.69. The third-order valence-electron chi connectivity index (χ3n) is 6.12. The van der Waals surface area contributed by atoms with E-state index in [9.17, 15) is 14.0 Å². The van der Waals surface area contributed by atoms with E-state index in [-0.39, 0.29) is 65.3 Å². The van der Waals surface area contributed by atoms with E-state index >= 15 is 0 Å². The van der Waals surface area contributed by atoms with Crippen molar-refractivity contribution in [2.75, 3.05) is 32.4 Å². The minimum Gasteiger partial charge on any atom is -0.356 e. The van der Waals surface area contributed by atoms with Gasteiger partial charge in [0, 0.05) is 37.3 Å². The molecule has 3 aliphatic rings. The Morgan fingerprint density at radius 3 is 2.42 bits per heavy atom. The Morgan fingerprint density at radius 2 is 1.77 bits per heavy atom. The van der Waals surface area contributed by atoms with E-state index in [0.717, 1.165) is 6.42 Å². The van der Waals surface area contributed by atoms with Crippen molar-refractivity contribution in [3.05, 3.63) is 42.2 Å². The maximum absolute atomic E-state index is 13.6. The molecule has 4 unspecified atom stereocenters. The smallest absolute Gasteiger partial charge is 0.233 e. The van der Waals surface area contributed by atoms with E-state index in [0.29, 0.717) is 42.7 Å². The van der Waals surface area contributed by atoms with Crippen LogP contribution in [0, 0.1) is 29.5 Å². The van der Waals surface area contributed by atoms with E-state index in [1.165, 1.54) is 22.7 Å². The number of hydrogen-bond acceptors (Lipinski definition) is 4. The van der Waals surface area contributed by atoms with Crippen molar-refractivity contribution in [3.8, 4) is 0 Å². The summed E-state index contributed by atoms with van der Waals surface area (Å²) in [5, 5.41) is 6.40. The largest absolute Gasteiger partial charge is 0.356 e. The van der Waals surface area contributed by atoms with Gasteiger partial charge in [-0.2, -0.15) is 0 Å². The standard InChI is InChI=1S/C22H27FN4O2S.HI/c1-24-22(26-10-12-30-17-6-3-2-5-16(17)23)25-9-4-11-27-20(28)18-14-7-8-15(13-14)19(18)21(27)29;/h2-3,5-8,14-15,18-19H,4,9-13H2,1H3,(H2,24,25,26);1H. The number of aliphatic imine (C=N–C) groups is 1. The lowest BCUT2D eigenvalue weighted by atomic mass is 9.85. The van der Waals surface area contributed by atoms with E-state index in [4.69, 9.17) is 0 Å². The highest BCUT2D eigenvalue weighted by Gasteiger charge is 2.58. The molecule has 2 N–H and O–H groups in total. The Balaban J connectivity index is 0.00000272. The Kier molecular flexibility index (Phi) is 8.37. The third kappa shape index (κ3) is 5.08. The van der Waals surface area contributed by atoms with E-state index in [1.807, 2.05) is 6.07 Å². The Bertz CT molecular complexity index is 851. The van der Waals surface area contributed by atoms with Gasteiger partial charge in [-0.25, -0.2) is 4.39 Å². The first-order valence-corrected chi connectivity index (χ1v) is 11.4. The predicted octanol–water partition coefficient (Wildman–Crippen LogP) is 2.90. The average Bonchev–Trinajstić information content (AvgIpc) is 3.43. The number of carbonyl (C=O) groups is 2. The summed E-state index contributed by atoms with van der Waals surface area (Å²) in [5.74, 6) is 1.44. The van der Waals surface area contributed by atoms with Crippen LogP contribution >= 0.6 is 35.7 Å². The molecular weight excluding hydrogens is 530 g/mol. The summed E-state index contributed by atoms with van der Waals surface area (Å²) in [4.78, 5) is 31.6. The van der Waals surface area contributed by atoms with Crippen LogP contribution in [0.15, 0.2) is 46.3 Å². The number of nitrogens with zero attached hydrogens (tertiary/aromatic N) is 2. The monoisotopic (exact) mass is 558 g/mol. The molecule has 1 aromatic rings. The van der Waals surface area contributed by atoms with Gasteiger partial charge in [-0.05, 0) is 36.8 Å². The molecule has 0 spiro atoms. The maximum Gasteiger partial charge on any atom is 0.233 e. The van der Waals surface area contributed by atoms with E-state index in [2.05, 4.69) is 27.8 Å². The van der Waals surface area contributed by atoms with Gasteiger partial charge in [0.2, 0.25) is 11.8 Å². The second kappa shape index (κ2) is 10.8. The van der Waals surface area contributed by atoms with Crippen LogP contribution in [0.1, 0.15) is 12.8 Å². The molecule has 168 valence electrons. The summed E-state index contributed by atoms with van der Waals surface area (Å²) in [5.41, 5.74) is 0. The molecule has 4 rings (SSSR count). The van der Waals surface area contributed by atoms with Gasteiger partial charge < -0.3 is 10.6 Å². The molecular formula is C22H28FIN4O2S. The molecule has 4 atom stereocenters. The molecule has 2 amide bonds. The molecule has 6 nitrogen and oxygen atoms in total. The fourth-order valence-electron chi connectivity index (χ4n) is 4.74. The van der Waals surface area contributed by atoms with E-state index in [1.54, 1.807) is 19.2 Å². The summed E-state index contributed by atoms with van der Waals surface area (Å²) in [6.45, 7) is 1.69. The summed E-state index contributed by atoms with van der Waals surface area (Å²) in [6.07, 6.45) is 5.86. The molecule has 0 aromatic heterocycles. The summed E-state index contributed by atoms with van der Waals surface area (Å²) < 4.78 is 13.6. The van der Waals surface area contributed by atoms with Crippen LogP contribution < -0.4 is 10.6 Å². The summed E-state index contributed by atoms with van der Waals surface area (Å²) in [6, 6.07) is 6.73. The highest BCUT2D eigenvalue weighted by Crippen LogP contribution is 2.52. The Hall–Kier alpha value is -1.62. The molecule has 1 aliphatic heterocycles. The molecule has 31 heavy (non-hydrogen) atoms. The van der Waals surface area contributed by atoms with Crippen molar-refractivity contribution in [3.63, 3.8) is 0 Å². The van der Waals surface area contributed by atoms with Gasteiger partial charge in [0.05, 0.1) is 11.8 Å². The fourth-order valence-corrected chi connectivity index (χ4v) is 5.55. The van der Waals surface area contributed by atoms with Crippen molar-refractivity contribution < 1.29 is 14.0 Å². The van der Waals surface area contributed by atoms with Gasteiger partial charge >= 0.3 is 0 Å². The number of rotatable bonds is 8. The quantitative estimate of drug-likeness (QED) is 0.0977. The highest BCUT2D eigenvalue weighted by atomic mass is 127. The molecule has 2 fully saturated rings. The van der Waals surface area contributed by atoms with Crippen LogP contribution in [-0.4, -0.2) is 55.1 Å². The zero-order valence-corrected chi connectivity index (χ0v) is 20.6. The first kappa shape index (κ1) is 24.0. The number of likely N-dealkylation sites (tertiary alicyclic amines) is 1. The van der Waals surface area contributed by atoms with Crippen LogP contribution in [0.3, 0.4) is 0 Å². The van der Waals surface area contributed by atoms with Gasteiger partial charge in [0.15, 0.2) is 5.96 Å². The summed E-state index contributed by atoms with van der Waals surface area (Å²) >= 11 is 1.45. The van der Waals surface area contributed by atoms with Crippen LogP contribution in [-0.2, 0) is 9.59 Å². The molecule has 0 radical (unpaired) electrons. The lowest BCUT2D eigenvalue weighted by Crippen LogP contribution is -2.40. The number of allylic oxidation sites excluding steroid dienone is 2. The van der Waals surface area contributed by atoms with Crippen molar-refractivity contribution in [2.45, 2.75) is 17.7 Å². The van der Waals surface area contributed by atoms with Gasteiger partial charge in [-0.15, -0.1) is 35.7 Å². The number of imide groups is 1. The molecule has 1 heterocycles. The molecule has 1 aromatic carbocycles. The number of carbonyl (C=O) groups excluding carboxylic acids is 2. The lowest BCUT2D eigenvalue weighted by molar-refractivity contribution is -0.140. The average molecular weight is 558 g/mol. The number of amides is 2.